The van der Waals surface area contributed by atoms with Crippen molar-refractivity contribution in [3.8, 4) is 0 Å². The van der Waals surface area contributed by atoms with Gasteiger partial charge in [0.2, 0.25) is 0 Å². The minimum atomic E-state index is -0.220. The molecule has 1 aromatic carbocycles. The molecule has 0 bridgehead atoms. The number of aromatic nitrogens is 2. The molecular weight excluding hydrogens is 258 g/mol. The van der Waals surface area contributed by atoms with Crippen LogP contribution in [0.25, 0.3) is 0 Å². The van der Waals surface area contributed by atoms with Crippen LogP contribution in [0.2, 0.25) is 0 Å². The molecule has 0 fully saturated rings. The quantitative estimate of drug-likeness (QED) is 0.372. The van der Waals surface area contributed by atoms with Crippen molar-refractivity contribution < 1.29 is 10.0 Å². The molecule has 7 nitrogen and oxygen atoms in total. The van der Waals surface area contributed by atoms with E-state index in [1.807, 2.05) is 0 Å². The normalized spacial score (nSPS) is 11.2. The van der Waals surface area contributed by atoms with E-state index < -0.39 is 0 Å². The number of benzene rings is 1. The first kappa shape index (κ1) is 13.5. The predicted octanol–water partition coefficient (Wildman–Crippen LogP) is 0.848. The van der Waals surface area contributed by atoms with Crippen molar-refractivity contribution >= 4 is 17.4 Å². The summed E-state index contributed by atoms with van der Waals surface area (Å²) in [6, 6.07) is 6.73. The highest BCUT2D eigenvalue weighted by molar-refractivity contribution is 6.05. The monoisotopic (exact) mass is 271 g/mol. The van der Waals surface area contributed by atoms with Crippen molar-refractivity contribution in [3.05, 3.63) is 54.1 Å². The summed E-state index contributed by atoms with van der Waals surface area (Å²) >= 11 is 0. The fourth-order valence-corrected chi connectivity index (χ4v) is 1.63. The molecule has 102 valence electrons. The van der Waals surface area contributed by atoms with Gasteiger partial charge in [0.15, 0.2) is 5.84 Å². The first-order valence-corrected chi connectivity index (χ1v) is 5.74. The van der Waals surface area contributed by atoms with E-state index in [2.05, 4.69) is 15.1 Å². The second kappa shape index (κ2) is 5.79. The third-order valence-corrected chi connectivity index (χ3v) is 2.77. The lowest BCUT2D eigenvalue weighted by Crippen LogP contribution is -2.26. The van der Waals surface area contributed by atoms with Gasteiger partial charge in [-0.3, -0.25) is 4.79 Å². The molecule has 1 heterocycles. The largest absolute Gasteiger partial charge is 0.409 e. The van der Waals surface area contributed by atoms with Crippen LogP contribution >= 0.6 is 0 Å². The van der Waals surface area contributed by atoms with Gasteiger partial charge >= 0.3 is 0 Å². The number of nitrogens with two attached hydrogens (primary N) is 1. The van der Waals surface area contributed by atoms with E-state index in [4.69, 9.17) is 10.9 Å². The van der Waals surface area contributed by atoms with Crippen LogP contribution in [0.1, 0.15) is 15.9 Å². The second-order valence-electron chi connectivity index (χ2n) is 4.02. The molecule has 1 amide bonds. The molecule has 0 aliphatic rings. The van der Waals surface area contributed by atoms with Crippen LogP contribution in [0.4, 0.5) is 5.69 Å². The molecule has 0 saturated heterocycles. The summed E-state index contributed by atoms with van der Waals surface area (Å²) in [5, 5.41) is 11.5. The number of anilines is 1. The first-order chi connectivity index (χ1) is 9.63. The van der Waals surface area contributed by atoms with Crippen LogP contribution in [-0.2, 0) is 0 Å². The summed E-state index contributed by atoms with van der Waals surface area (Å²) in [6.45, 7) is 0. The first-order valence-electron chi connectivity index (χ1n) is 5.74. The summed E-state index contributed by atoms with van der Waals surface area (Å²) in [4.78, 5) is 21.3. The summed E-state index contributed by atoms with van der Waals surface area (Å²) in [7, 11) is 1.65. The van der Waals surface area contributed by atoms with Gasteiger partial charge in [0.1, 0.15) is 6.33 Å². The molecule has 7 heteroatoms. The van der Waals surface area contributed by atoms with E-state index in [9.17, 15) is 4.79 Å². The van der Waals surface area contributed by atoms with E-state index in [1.54, 1.807) is 31.3 Å². The Kier molecular flexibility index (Phi) is 3.90. The molecule has 0 atom stereocenters. The van der Waals surface area contributed by atoms with Gasteiger partial charge in [0, 0.05) is 30.7 Å². The zero-order valence-electron chi connectivity index (χ0n) is 10.8. The molecule has 0 aliphatic carbocycles. The molecule has 1 aromatic heterocycles. The summed E-state index contributed by atoms with van der Waals surface area (Å²) in [5.41, 5.74) is 7.12. The maximum Gasteiger partial charge on any atom is 0.261 e. The van der Waals surface area contributed by atoms with Gasteiger partial charge in [-0.15, -0.1) is 0 Å². The number of rotatable bonds is 3. The van der Waals surface area contributed by atoms with Crippen LogP contribution < -0.4 is 10.6 Å². The fourth-order valence-electron chi connectivity index (χ4n) is 1.63. The highest BCUT2D eigenvalue weighted by atomic mass is 16.4. The number of nitrogens with zero attached hydrogens (tertiary/aromatic N) is 4. The second-order valence-corrected chi connectivity index (χ2v) is 4.02. The number of hydrogen-bond donors (Lipinski definition) is 2. The van der Waals surface area contributed by atoms with Crippen LogP contribution in [0.5, 0.6) is 0 Å². The Balaban J connectivity index is 2.21. The third-order valence-electron chi connectivity index (χ3n) is 2.77. The van der Waals surface area contributed by atoms with Crippen molar-refractivity contribution in [1.82, 2.24) is 9.97 Å². The lowest BCUT2D eigenvalue weighted by molar-refractivity contribution is 0.0992. The van der Waals surface area contributed by atoms with E-state index in [0.29, 0.717) is 16.8 Å². The maximum absolute atomic E-state index is 12.2. The predicted molar refractivity (Wildman–Crippen MR) is 73.7 cm³/mol. The molecule has 0 unspecified atom stereocenters. The number of amidine groups is 1. The minimum absolute atomic E-state index is 0.0157. The molecule has 20 heavy (non-hydrogen) atoms. The zero-order valence-corrected chi connectivity index (χ0v) is 10.8. The van der Waals surface area contributed by atoms with Crippen molar-refractivity contribution in [1.29, 1.82) is 0 Å². The van der Waals surface area contributed by atoms with Gasteiger partial charge in [0.25, 0.3) is 5.91 Å². The summed E-state index contributed by atoms with van der Waals surface area (Å²) < 4.78 is 0. The Morgan fingerprint density at radius 3 is 2.35 bits per heavy atom. The van der Waals surface area contributed by atoms with Crippen LogP contribution in [-0.4, -0.2) is 34.0 Å². The van der Waals surface area contributed by atoms with Crippen molar-refractivity contribution in [2.24, 2.45) is 10.9 Å². The third kappa shape index (κ3) is 2.72. The van der Waals surface area contributed by atoms with E-state index in [1.165, 1.54) is 23.6 Å². The van der Waals surface area contributed by atoms with Gasteiger partial charge in [0.05, 0.1) is 5.56 Å². The number of carbonyl (C=O) groups is 1. The Labute approximate surface area is 115 Å². The Bertz CT molecular complexity index is 625. The van der Waals surface area contributed by atoms with Crippen molar-refractivity contribution in [2.45, 2.75) is 0 Å². The fraction of sp³-hybridized carbons (Fsp3) is 0.0769. The molecule has 2 rings (SSSR count). The SMILES string of the molecule is CN(C(=O)c1cncnc1)c1ccc(/C(N)=N/O)cc1. The number of carbonyl (C=O) groups excluding carboxylic acids is 1. The molecule has 0 radical (unpaired) electrons. The van der Waals surface area contributed by atoms with E-state index in [0.717, 1.165) is 0 Å². The van der Waals surface area contributed by atoms with Gasteiger partial charge in [-0.05, 0) is 24.3 Å². The van der Waals surface area contributed by atoms with Gasteiger partial charge in [-0.2, -0.15) is 0 Å². The lowest BCUT2D eigenvalue weighted by Gasteiger charge is -2.17. The summed E-state index contributed by atoms with van der Waals surface area (Å²) in [5.74, 6) is -0.205. The number of amides is 1. The van der Waals surface area contributed by atoms with Crippen LogP contribution in [0, 0.1) is 0 Å². The van der Waals surface area contributed by atoms with Crippen molar-refractivity contribution in [2.75, 3.05) is 11.9 Å². The minimum Gasteiger partial charge on any atom is -0.409 e. The van der Waals surface area contributed by atoms with Crippen LogP contribution in [0.3, 0.4) is 0 Å². The number of hydrogen-bond acceptors (Lipinski definition) is 5. The molecular formula is C13H13N5O2. The highest BCUT2D eigenvalue weighted by Gasteiger charge is 2.14. The van der Waals surface area contributed by atoms with Crippen LogP contribution in [0.15, 0.2) is 48.1 Å². The highest BCUT2D eigenvalue weighted by Crippen LogP contribution is 2.16. The Morgan fingerprint density at radius 1 is 1.20 bits per heavy atom. The van der Waals surface area contributed by atoms with Gasteiger partial charge in [-0.1, -0.05) is 5.16 Å². The number of oxime groups is 1. The molecule has 0 aliphatic heterocycles. The molecule has 2 aromatic rings. The molecule has 0 spiro atoms. The van der Waals surface area contributed by atoms with Gasteiger partial charge < -0.3 is 15.8 Å². The zero-order chi connectivity index (χ0) is 14.5. The lowest BCUT2D eigenvalue weighted by atomic mass is 10.1. The average molecular weight is 271 g/mol. The maximum atomic E-state index is 12.2. The molecule has 3 N–H and O–H groups in total. The van der Waals surface area contributed by atoms with Gasteiger partial charge in [-0.25, -0.2) is 9.97 Å². The topological polar surface area (TPSA) is 105 Å². The smallest absolute Gasteiger partial charge is 0.261 e. The Morgan fingerprint density at radius 2 is 1.80 bits per heavy atom. The van der Waals surface area contributed by atoms with Crippen molar-refractivity contribution in [3.63, 3.8) is 0 Å². The Hall–Kier alpha value is -2.96. The van der Waals surface area contributed by atoms with E-state index >= 15 is 0 Å². The molecule has 0 saturated carbocycles. The summed E-state index contributed by atoms with van der Waals surface area (Å²) in [6.07, 6.45) is 4.27. The standard InChI is InChI=1S/C13H13N5O2/c1-18(13(19)10-6-15-8-16-7-10)11-4-2-9(3-5-11)12(14)17-20/h2-8,20H,1H3,(H2,14,17). The average Bonchev–Trinajstić information content (AvgIpc) is 2.53. The van der Waals surface area contributed by atoms with E-state index in [-0.39, 0.29) is 11.7 Å².